The number of nitrogens with zero attached hydrogens (tertiary/aromatic N) is 9. The van der Waals surface area contributed by atoms with E-state index >= 15 is 0 Å². The van der Waals surface area contributed by atoms with Gasteiger partial charge >= 0.3 is 0 Å². The van der Waals surface area contributed by atoms with Gasteiger partial charge in [-0.1, -0.05) is 36.0 Å². The average molecular weight is 974 g/mol. The van der Waals surface area contributed by atoms with E-state index in [0.29, 0.717) is 35.9 Å². The van der Waals surface area contributed by atoms with E-state index < -0.39 is 11.3 Å². The first kappa shape index (κ1) is 41.9. The summed E-state index contributed by atoms with van der Waals surface area (Å²) < 4.78 is 4.31. The first-order valence-electron chi connectivity index (χ1n) is 19.7. The molecule has 0 bridgehead atoms. The zero-order chi connectivity index (χ0) is 42.6. The summed E-state index contributed by atoms with van der Waals surface area (Å²) in [5, 5.41) is 9.47. The summed E-state index contributed by atoms with van der Waals surface area (Å²) in [7, 11) is 0. The standard InChI is InChI=1S/C21H19ClN6O2.C16H16ClN5O2.C5H4IN/c22-15-11-16(26-17-6-10-24-13-25-17)19(29)28-18(15)20(30)27(14-5-4-9-23-12-14)21(28)7-2-1-3-8-21;17-10-8-11(20-12-4-7-18-9-19-12)15(24)22-13(10)14(23)21-16(22)5-2-1-3-6-16;6-5-2-1-3-7-4-5/h4-6,9-13H,1-3,7-8H2,(H,24,25,26);4,7-9H,1-3,5-6H2,(H,21,23)(H,18,19,20);1-4H. The molecule has 19 heteroatoms. The van der Waals surface area contributed by atoms with Crippen LogP contribution in [0.1, 0.15) is 85.2 Å². The lowest BCUT2D eigenvalue weighted by Crippen LogP contribution is -2.51. The molecule has 2 saturated carbocycles. The van der Waals surface area contributed by atoms with Gasteiger partial charge in [-0.15, -0.1) is 0 Å². The Morgan fingerprint density at radius 1 is 0.639 bits per heavy atom. The van der Waals surface area contributed by atoms with Crippen LogP contribution in [0, 0.1) is 3.57 Å². The minimum Gasteiger partial charge on any atom is -0.336 e. The highest BCUT2D eigenvalue weighted by molar-refractivity contribution is 14.1. The molecule has 2 aliphatic heterocycles. The quantitative estimate of drug-likeness (QED) is 0.142. The second-order valence-corrected chi connectivity index (χ2v) is 16.9. The minimum absolute atomic E-state index is 0.223. The van der Waals surface area contributed by atoms with E-state index in [1.54, 1.807) is 63.2 Å². The van der Waals surface area contributed by atoms with Crippen molar-refractivity contribution >= 4 is 86.3 Å². The summed E-state index contributed by atoms with van der Waals surface area (Å²) in [6.45, 7) is 0. The van der Waals surface area contributed by atoms with Crippen molar-refractivity contribution < 1.29 is 9.59 Å². The van der Waals surface area contributed by atoms with Gasteiger partial charge in [-0.25, -0.2) is 19.9 Å². The zero-order valence-corrected chi connectivity index (χ0v) is 36.3. The first-order chi connectivity index (χ1) is 29.6. The second-order valence-electron chi connectivity index (χ2n) is 14.8. The van der Waals surface area contributed by atoms with Gasteiger partial charge in [0.25, 0.3) is 22.9 Å². The maximum absolute atomic E-state index is 13.6. The number of nitrogens with one attached hydrogen (secondary N) is 3. The van der Waals surface area contributed by atoms with Crippen molar-refractivity contribution in [3.63, 3.8) is 0 Å². The van der Waals surface area contributed by atoms with Crippen LogP contribution in [0.2, 0.25) is 10.0 Å². The number of hydrogen-bond donors (Lipinski definition) is 3. The van der Waals surface area contributed by atoms with Crippen molar-refractivity contribution in [2.75, 3.05) is 15.5 Å². The molecule has 4 aliphatic rings. The number of anilines is 5. The summed E-state index contributed by atoms with van der Waals surface area (Å²) in [6, 6.07) is 13.9. The minimum atomic E-state index is -0.794. The van der Waals surface area contributed by atoms with Crippen LogP contribution >= 0.6 is 45.8 Å². The molecule has 61 heavy (non-hydrogen) atoms. The molecule has 2 fully saturated rings. The van der Waals surface area contributed by atoms with Gasteiger partial charge in [-0.05, 0) is 122 Å². The van der Waals surface area contributed by atoms with Gasteiger partial charge in [0.2, 0.25) is 0 Å². The lowest BCUT2D eigenvalue weighted by Gasteiger charge is -2.42. The molecule has 0 atom stereocenters. The smallest absolute Gasteiger partial charge is 0.278 e. The number of halogens is 3. The van der Waals surface area contributed by atoms with Gasteiger partial charge in [0.1, 0.15) is 58.4 Å². The first-order valence-corrected chi connectivity index (χ1v) is 21.6. The topological polar surface area (TPSA) is 195 Å². The fourth-order valence-corrected chi connectivity index (χ4v) is 9.45. The summed E-state index contributed by atoms with van der Waals surface area (Å²) in [5.74, 6) is 0.409. The summed E-state index contributed by atoms with van der Waals surface area (Å²) >= 11 is 15.1. The number of amides is 2. The molecule has 0 radical (unpaired) electrons. The predicted molar refractivity (Wildman–Crippen MR) is 240 cm³/mol. The van der Waals surface area contributed by atoms with Crippen molar-refractivity contribution in [1.82, 2.24) is 44.4 Å². The molecule has 3 N–H and O–H groups in total. The summed E-state index contributed by atoms with van der Waals surface area (Å²) in [4.78, 5) is 78.3. The summed E-state index contributed by atoms with van der Waals surface area (Å²) in [6.07, 6.45) is 21.6. The van der Waals surface area contributed by atoms with Crippen molar-refractivity contribution in [3.8, 4) is 0 Å². The van der Waals surface area contributed by atoms with Crippen molar-refractivity contribution in [3.05, 3.63) is 144 Å². The number of hydrogen-bond acceptors (Lipinski definition) is 12. The van der Waals surface area contributed by atoms with E-state index in [1.165, 1.54) is 28.4 Å². The van der Waals surface area contributed by atoms with Gasteiger partial charge in [-0.3, -0.25) is 43.2 Å². The van der Waals surface area contributed by atoms with Gasteiger partial charge in [0.05, 0.1) is 21.9 Å². The van der Waals surface area contributed by atoms with Crippen LogP contribution in [-0.4, -0.2) is 50.9 Å². The van der Waals surface area contributed by atoms with E-state index in [1.807, 2.05) is 24.4 Å². The molecule has 312 valence electrons. The largest absolute Gasteiger partial charge is 0.336 e. The molecule has 2 amide bonds. The highest BCUT2D eigenvalue weighted by Gasteiger charge is 2.53. The van der Waals surface area contributed by atoms with Crippen LogP contribution in [0.25, 0.3) is 0 Å². The molecule has 0 unspecified atom stereocenters. The number of rotatable bonds is 5. The van der Waals surface area contributed by atoms with E-state index in [4.69, 9.17) is 23.2 Å². The Hall–Kier alpha value is -5.79. The molecular weight excluding hydrogens is 934 g/mol. The Morgan fingerprint density at radius 3 is 1.70 bits per heavy atom. The predicted octanol–water partition coefficient (Wildman–Crippen LogP) is 7.79. The number of fused-ring (bicyclic) bond motifs is 4. The molecule has 0 saturated heterocycles. The summed E-state index contributed by atoms with van der Waals surface area (Å²) in [5.41, 5.74) is -0.321. The zero-order valence-electron chi connectivity index (χ0n) is 32.6. The van der Waals surface area contributed by atoms with Gasteiger partial charge in [-0.2, -0.15) is 0 Å². The number of carbonyl (C=O) groups excluding carboxylic acids is 2. The van der Waals surface area contributed by atoms with E-state index in [9.17, 15) is 19.2 Å². The van der Waals surface area contributed by atoms with Gasteiger partial charge < -0.3 is 16.0 Å². The van der Waals surface area contributed by atoms with Gasteiger partial charge in [0, 0.05) is 34.6 Å². The Labute approximate surface area is 373 Å². The maximum Gasteiger partial charge on any atom is 0.278 e. The Bertz CT molecular complexity index is 2660. The monoisotopic (exact) mass is 972 g/mol. The van der Waals surface area contributed by atoms with Crippen LogP contribution in [-0.2, 0) is 11.3 Å². The highest BCUT2D eigenvalue weighted by Crippen LogP contribution is 2.47. The molecule has 6 aromatic rings. The third-order valence-electron chi connectivity index (χ3n) is 11.1. The normalized spacial score (nSPS) is 16.7. The van der Waals surface area contributed by atoms with Crippen LogP contribution in [0.15, 0.2) is 108 Å². The van der Waals surface area contributed by atoms with Crippen LogP contribution in [0.4, 0.5) is 28.7 Å². The lowest BCUT2D eigenvalue weighted by molar-refractivity contribution is 0.0876. The van der Waals surface area contributed by atoms with Gasteiger partial charge in [0.15, 0.2) is 0 Å². The van der Waals surface area contributed by atoms with Crippen LogP contribution in [0.5, 0.6) is 0 Å². The number of pyridine rings is 4. The third kappa shape index (κ3) is 8.33. The molecule has 2 aliphatic carbocycles. The van der Waals surface area contributed by atoms with E-state index in [-0.39, 0.29) is 50.1 Å². The van der Waals surface area contributed by atoms with Crippen molar-refractivity contribution in [1.29, 1.82) is 0 Å². The van der Waals surface area contributed by atoms with Crippen molar-refractivity contribution in [2.45, 2.75) is 75.5 Å². The molecule has 16 nitrogen and oxygen atoms in total. The van der Waals surface area contributed by atoms with E-state index in [0.717, 1.165) is 51.4 Å². The number of aromatic nitrogens is 8. The second kappa shape index (κ2) is 18.1. The average Bonchev–Trinajstić information content (AvgIpc) is 3.70. The maximum atomic E-state index is 13.6. The molecule has 6 aromatic heterocycles. The Morgan fingerprint density at radius 2 is 1.20 bits per heavy atom. The molecule has 2 spiro atoms. The fraction of sp³-hybridized carbons (Fsp3) is 0.286. The highest BCUT2D eigenvalue weighted by atomic mass is 127. The van der Waals surface area contributed by atoms with Crippen molar-refractivity contribution in [2.24, 2.45) is 0 Å². The molecule has 0 aromatic carbocycles. The Balaban J connectivity index is 0.000000148. The molecular formula is C42H39Cl2IN12O4. The molecule has 10 rings (SSSR count). The SMILES string of the molecule is Ic1cccnc1.O=C1NC2(CCCCC2)n2c1c(Cl)cc(Nc1ccncn1)c2=O.O=C1c2c(Cl)cc(Nc3ccncn3)c(=O)n2C2(CCCCC2)N1c1cccnc1. The fourth-order valence-electron chi connectivity index (χ4n) is 8.53. The number of carbonyl (C=O) groups is 2. The van der Waals surface area contributed by atoms with Crippen LogP contribution in [0.3, 0.4) is 0 Å². The van der Waals surface area contributed by atoms with Crippen LogP contribution < -0.4 is 32.0 Å². The lowest BCUT2D eigenvalue weighted by atomic mass is 9.87. The molecule has 8 heterocycles. The third-order valence-corrected chi connectivity index (χ3v) is 12.3. The Kier molecular flexibility index (Phi) is 12.4. The van der Waals surface area contributed by atoms with E-state index in [2.05, 4.69) is 68.4 Å².